The number of aliphatic hydroxyl groups excluding tert-OH is 1. The number of rotatable bonds is 5. The Bertz CT molecular complexity index is 1270. The zero-order chi connectivity index (χ0) is 26.2. The fourth-order valence-electron chi connectivity index (χ4n) is 4.71. The SMILES string of the molecule is Cc1cc(C(F)(F)F)nn1CC(=O)N1CCC(c2nc(C3OCc4cccc(CO)c4CO3)cs2)CC1. The molecule has 0 spiro atoms. The molecule has 2 aliphatic rings. The number of carbonyl (C=O) groups excluding carboxylic acids is 1. The molecule has 8 nitrogen and oxygen atoms in total. The van der Waals surface area contributed by atoms with Gasteiger partial charge in [-0.1, -0.05) is 18.2 Å². The molecule has 1 aromatic carbocycles. The summed E-state index contributed by atoms with van der Waals surface area (Å²) in [4.78, 5) is 19.2. The summed E-state index contributed by atoms with van der Waals surface area (Å²) in [5, 5.41) is 16.0. The average molecular weight is 537 g/mol. The van der Waals surface area contributed by atoms with Crippen LogP contribution in [0.5, 0.6) is 0 Å². The van der Waals surface area contributed by atoms with E-state index >= 15 is 0 Å². The normalized spacial score (nSPS) is 19.1. The average Bonchev–Trinajstić information content (AvgIpc) is 3.45. The van der Waals surface area contributed by atoms with Crippen LogP contribution in [0.4, 0.5) is 13.2 Å². The molecule has 1 saturated heterocycles. The Labute approximate surface area is 215 Å². The van der Waals surface area contributed by atoms with Crippen LogP contribution in [-0.4, -0.2) is 43.8 Å². The molecule has 4 heterocycles. The number of carbonyl (C=O) groups is 1. The number of likely N-dealkylation sites (tertiary alicyclic amines) is 1. The molecule has 0 saturated carbocycles. The van der Waals surface area contributed by atoms with E-state index in [1.165, 1.54) is 18.3 Å². The van der Waals surface area contributed by atoms with Crippen molar-refractivity contribution < 1.29 is 32.5 Å². The van der Waals surface area contributed by atoms with E-state index in [2.05, 4.69) is 5.10 Å². The number of ether oxygens (including phenoxy) is 2. The second kappa shape index (κ2) is 10.5. The van der Waals surface area contributed by atoms with E-state index < -0.39 is 18.2 Å². The summed E-state index contributed by atoms with van der Waals surface area (Å²) >= 11 is 1.53. The highest BCUT2D eigenvalue weighted by Gasteiger charge is 2.35. The third-order valence-electron chi connectivity index (χ3n) is 6.84. The molecule has 1 atom stereocenters. The number of halogens is 3. The van der Waals surface area contributed by atoms with Crippen molar-refractivity contribution in [3.8, 4) is 0 Å². The molecule has 5 rings (SSSR count). The van der Waals surface area contributed by atoms with Crippen molar-refractivity contribution in [3.05, 3.63) is 68.4 Å². The molecule has 0 radical (unpaired) electrons. The van der Waals surface area contributed by atoms with Gasteiger partial charge in [-0.2, -0.15) is 18.3 Å². The van der Waals surface area contributed by atoms with Gasteiger partial charge in [-0.05, 0) is 42.5 Å². The van der Waals surface area contributed by atoms with Crippen LogP contribution in [0.3, 0.4) is 0 Å². The summed E-state index contributed by atoms with van der Waals surface area (Å²) in [7, 11) is 0. The zero-order valence-corrected chi connectivity index (χ0v) is 21.0. The minimum Gasteiger partial charge on any atom is -0.392 e. The number of hydrogen-bond acceptors (Lipinski definition) is 7. The first-order valence-corrected chi connectivity index (χ1v) is 12.9. The summed E-state index contributed by atoms with van der Waals surface area (Å²) in [6.45, 7) is 2.92. The topological polar surface area (TPSA) is 89.7 Å². The van der Waals surface area contributed by atoms with Crippen LogP contribution >= 0.6 is 11.3 Å². The molecule has 37 heavy (non-hydrogen) atoms. The van der Waals surface area contributed by atoms with Crippen molar-refractivity contribution in [1.82, 2.24) is 19.7 Å². The van der Waals surface area contributed by atoms with Gasteiger partial charge in [0.15, 0.2) is 5.69 Å². The Kier molecular flexibility index (Phi) is 7.35. The molecule has 1 unspecified atom stereocenters. The number of aromatic nitrogens is 3. The van der Waals surface area contributed by atoms with Gasteiger partial charge in [-0.25, -0.2) is 4.98 Å². The van der Waals surface area contributed by atoms with Gasteiger partial charge < -0.3 is 19.5 Å². The third kappa shape index (κ3) is 5.57. The van der Waals surface area contributed by atoms with Crippen LogP contribution in [-0.2, 0) is 46.8 Å². The number of piperidine rings is 1. The monoisotopic (exact) mass is 536 g/mol. The molecule has 1 N–H and O–H groups in total. The van der Waals surface area contributed by atoms with Crippen molar-refractivity contribution in [3.63, 3.8) is 0 Å². The summed E-state index contributed by atoms with van der Waals surface area (Å²) in [6, 6.07) is 6.68. The van der Waals surface area contributed by atoms with Gasteiger partial charge in [0.25, 0.3) is 0 Å². The Balaban J connectivity index is 1.16. The van der Waals surface area contributed by atoms with Crippen molar-refractivity contribution in [2.45, 2.75) is 64.5 Å². The molecule has 1 amide bonds. The number of aryl methyl sites for hydroxylation is 1. The van der Waals surface area contributed by atoms with Gasteiger partial charge in [0.1, 0.15) is 12.2 Å². The molecule has 0 bridgehead atoms. The number of aliphatic hydroxyl groups is 1. The van der Waals surface area contributed by atoms with Gasteiger partial charge in [0, 0.05) is 30.1 Å². The van der Waals surface area contributed by atoms with Crippen LogP contribution in [0, 0.1) is 6.92 Å². The molecule has 1 fully saturated rings. The van der Waals surface area contributed by atoms with Gasteiger partial charge in [0.2, 0.25) is 12.2 Å². The summed E-state index contributed by atoms with van der Waals surface area (Å²) in [6.07, 6.45) is -3.72. The second-order valence-electron chi connectivity index (χ2n) is 9.26. The maximum Gasteiger partial charge on any atom is 0.435 e. The summed E-state index contributed by atoms with van der Waals surface area (Å²) in [5.74, 6) is -0.0738. The predicted octanol–water partition coefficient (Wildman–Crippen LogP) is 4.31. The molecular formula is C25H27F3N4O4S. The number of nitrogens with zero attached hydrogens (tertiary/aromatic N) is 4. The first-order chi connectivity index (χ1) is 17.7. The van der Waals surface area contributed by atoms with Crippen molar-refractivity contribution in [2.24, 2.45) is 0 Å². The van der Waals surface area contributed by atoms with Gasteiger partial charge in [-0.3, -0.25) is 9.48 Å². The van der Waals surface area contributed by atoms with Crippen LogP contribution in [0.15, 0.2) is 29.6 Å². The maximum atomic E-state index is 12.9. The van der Waals surface area contributed by atoms with E-state index in [0.29, 0.717) is 50.5 Å². The predicted molar refractivity (Wildman–Crippen MR) is 127 cm³/mol. The maximum absolute atomic E-state index is 12.9. The molecule has 2 aromatic heterocycles. The highest BCUT2D eigenvalue weighted by Crippen LogP contribution is 2.35. The lowest BCUT2D eigenvalue weighted by Crippen LogP contribution is -2.40. The number of hydrogen-bond donors (Lipinski definition) is 1. The quantitative estimate of drug-likeness (QED) is 0.523. The first-order valence-electron chi connectivity index (χ1n) is 12.0. The smallest absolute Gasteiger partial charge is 0.392 e. The minimum absolute atomic E-state index is 0.0601. The van der Waals surface area contributed by atoms with Crippen molar-refractivity contribution >= 4 is 17.2 Å². The Morgan fingerprint density at radius 2 is 1.97 bits per heavy atom. The lowest BCUT2D eigenvalue weighted by Gasteiger charge is -2.31. The first kappa shape index (κ1) is 25.8. The fourth-order valence-corrected chi connectivity index (χ4v) is 5.70. The Morgan fingerprint density at radius 3 is 2.68 bits per heavy atom. The Hall–Kier alpha value is -2.80. The van der Waals surface area contributed by atoms with Crippen LogP contribution < -0.4 is 0 Å². The number of alkyl halides is 3. The molecule has 0 aliphatic carbocycles. The van der Waals surface area contributed by atoms with Crippen molar-refractivity contribution in [1.29, 1.82) is 0 Å². The van der Waals surface area contributed by atoms with Crippen molar-refractivity contribution in [2.75, 3.05) is 13.1 Å². The molecular weight excluding hydrogens is 509 g/mol. The van der Waals surface area contributed by atoms with Gasteiger partial charge in [0.05, 0.1) is 24.8 Å². The van der Waals surface area contributed by atoms with E-state index in [4.69, 9.17) is 14.5 Å². The number of benzene rings is 1. The minimum atomic E-state index is -4.54. The number of amides is 1. The molecule has 198 valence electrons. The Morgan fingerprint density at radius 1 is 1.22 bits per heavy atom. The summed E-state index contributed by atoms with van der Waals surface area (Å²) in [5.41, 5.74) is 2.76. The zero-order valence-electron chi connectivity index (χ0n) is 20.2. The largest absolute Gasteiger partial charge is 0.435 e. The fraction of sp³-hybridized carbons (Fsp3) is 0.480. The van der Waals surface area contributed by atoms with E-state index in [0.717, 1.165) is 32.4 Å². The number of thiazole rings is 1. The van der Waals surface area contributed by atoms with Crippen LogP contribution in [0.1, 0.15) is 63.8 Å². The van der Waals surface area contributed by atoms with E-state index in [1.807, 2.05) is 23.6 Å². The van der Waals surface area contributed by atoms with E-state index in [-0.39, 0.29) is 25.0 Å². The van der Waals surface area contributed by atoms with Gasteiger partial charge >= 0.3 is 6.18 Å². The van der Waals surface area contributed by atoms with Gasteiger partial charge in [-0.15, -0.1) is 11.3 Å². The lowest BCUT2D eigenvalue weighted by atomic mass is 9.97. The molecule has 12 heteroatoms. The van der Waals surface area contributed by atoms with Crippen LogP contribution in [0.2, 0.25) is 0 Å². The third-order valence-corrected chi connectivity index (χ3v) is 7.87. The molecule has 3 aromatic rings. The van der Waals surface area contributed by atoms with E-state index in [1.54, 1.807) is 4.90 Å². The number of fused-ring (bicyclic) bond motifs is 1. The second-order valence-corrected chi connectivity index (χ2v) is 10.1. The van der Waals surface area contributed by atoms with Crippen LogP contribution in [0.25, 0.3) is 0 Å². The van der Waals surface area contributed by atoms with E-state index in [9.17, 15) is 23.1 Å². The summed E-state index contributed by atoms with van der Waals surface area (Å²) < 4.78 is 51.8. The molecule has 2 aliphatic heterocycles. The standard InChI is InChI=1S/C25H27F3N4O4S/c1-15-9-21(25(26,27)28)30-32(15)10-22(34)31-7-5-16(6-8-31)23-29-20(14-37-23)24-35-12-18-4-2-3-17(11-33)19(18)13-36-24/h2-4,9,14,16,24,33H,5-8,10-13H2,1H3. The highest BCUT2D eigenvalue weighted by molar-refractivity contribution is 7.09. The lowest BCUT2D eigenvalue weighted by molar-refractivity contribution is -0.155. The highest BCUT2D eigenvalue weighted by atomic mass is 32.1.